The van der Waals surface area contributed by atoms with Crippen LogP contribution in [-0.2, 0) is 4.74 Å². The van der Waals surface area contributed by atoms with E-state index in [1.165, 1.54) is 5.56 Å². The van der Waals surface area contributed by atoms with Crippen LogP contribution in [0, 0.1) is 6.92 Å². The third-order valence-corrected chi connectivity index (χ3v) is 4.11. The third kappa shape index (κ3) is 4.91. The van der Waals surface area contributed by atoms with Crippen molar-refractivity contribution in [2.45, 2.75) is 25.9 Å². The molecule has 0 bridgehead atoms. The first-order valence-corrected chi connectivity index (χ1v) is 8.56. The fourth-order valence-corrected chi connectivity index (χ4v) is 2.71. The van der Waals surface area contributed by atoms with Crippen LogP contribution in [0.4, 0.5) is 17.2 Å². The van der Waals surface area contributed by atoms with Gasteiger partial charge in [-0.2, -0.15) is 0 Å². The van der Waals surface area contributed by atoms with E-state index >= 15 is 0 Å². The van der Waals surface area contributed by atoms with Crippen molar-refractivity contribution in [3.8, 4) is 0 Å². The van der Waals surface area contributed by atoms with Gasteiger partial charge in [0.1, 0.15) is 5.82 Å². The van der Waals surface area contributed by atoms with E-state index in [0.717, 1.165) is 43.2 Å². The van der Waals surface area contributed by atoms with E-state index in [4.69, 9.17) is 17.0 Å². The lowest BCUT2D eigenvalue weighted by Crippen LogP contribution is -2.34. The summed E-state index contributed by atoms with van der Waals surface area (Å²) in [5.41, 5.74) is 3.11. The molecule has 1 atom stereocenters. The molecule has 1 aromatic heterocycles. The van der Waals surface area contributed by atoms with Crippen molar-refractivity contribution in [1.29, 1.82) is 0 Å². The number of hydrogen-bond donors (Lipinski definition) is 3. The standard InChI is InChI=1S/C18H22N4OS/c1-13-4-6-14(7-5-13)21-17-9-8-15(11-19-17)22-18(24)20-12-16-3-2-10-23-16/h4-9,11,16H,2-3,10,12H2,1H3,(H,19,21)(H2,20,22,24)/t16-/m1/s1. The Hall–Kier alpha value is -2.18. The lowest BCUT2D eigenvalue weighted by molar-refractivity contribution is 0.114. The first kappa shape index (κ1) is 16.7. The molecule has 1 saturated heterocycles. The number of ether oxygens (including phenoxy) is 1. The number of nitrogens with zero attached hydrogens (tertiary/aromatic N) is 1. The number of anilines is 3. The lowest BCUT2D eigenvalue weighted by atomic mass is 10.2. The number of hydrogen-bond acceptors (Lipinski definition) is 4. The molecular weight excluding hydrogens is 320 g/mol. The van der Waals surface area contributed by atoms with E-state index in [1.54, 1.807) is 6.20 Å². The highest BCUT2D eigenvalue weighted by Crippen LogP contribution is 2.16. The van der Waals surface area contributed by atoms with Crippen molar-refractivity contribution in [1.82, 2.24) is 10.3 Å². The first-order valence-electron chi connectivity index (χ1n) is 8.15. The zero-order valence-corrected chi connectivity index (χ0v) is 14.5. The van der Waals surface area contributed by atoms with E-state index in [-0.39, 0.29) is 6.10 Å². The second-order valence-electron chi connectivity index (χ2n) is 5.89. The molecule has 0 aliphatic carbocycles. The summed E-state index contributed by atoms with van der Waals surface area (Å²) in [7, 11) is 0. The quantitative estimate of drug-likeness (QED) is 0.722. The smallest absolute Gasteiger partial charge is 0.170 e. The Kier molecular flexibility index (Phi) is 5.61. The largest absolute Gasteiger partial charge is 0.376 e. The maximum Gasteiger partial charge on any atom is 0.170 e. The average molecular weight is 342 g/mol. The molecule has 3 rings (SSSR count). The Morgan fingerprint density at radius 2 is 2.00 bits per heavy atom. The Morgan fingerprint density at radius 3 is 2.67 bits per heavy atom. The number of nitrogens with one attached hydrogen (secondary N) is 3. The minimum atomic E-state index is 0.268. The summed E-state index contributed by atoms with van der Waals surface area (Å²) in [6.07, 6.45) is 4.25. The van der Waals surface area contributed by atoms with Crippen molar-refractivity contribution in [2.24, 2.45) is 0 Å². The third-order valence-electron chi connectivity index (χ3n) is 3.86. The first-order chi connectivity index (χ1) is 11.7. The van der Waals surface area contributed by atoms with E-state index in [1.807, 2.05) is 24.3 Å². The summed E-state index contributed by atoms with van der Waals surface area (Å²) < 4.78 is 5.56. The number of aryl methyl sites for hydroxylation is 1. The predicted octanol–water partition coefficient (Wildman–Crippen LogP) is 3.60. The van der Waals surface area contributed by atoms with Crippen LogP contribution in [0.5, 0.6) is 0 Å². The van der Waals surface area contributed by atoms with Gasteiger partial charge in [-0.25, -0.2) is 4.98 Å². The van der Waals surface area contributed by atoms with Gasteiger partial charge in [0.2, 0.25) is 0 Å². The van der Waals surface area contributed by atoms with Gasteiger partial charge in [0, 0.05) is 18.8 Å². The highest BCUT2D eigenvalue weighted by molar-refractivity contribution is 7.80. The van der Waals surface area contributed by atoms with Crippen LogP contribution in [0.25, 0.3) is 0 Å². The number of pyridine rings is 1. The van der Waals surface area contributed by atoms with Crippen molar-refractivity contribution < 1.29 is 4.74 Å². The number of benzene rings is 1. The van der Waals surface area contributed by atoms with Gasteiger partial charge in [-0.1, -0.05) is 17.7 Å². The van der Waals surface area contributed by atoms with Gasteiger partial charge in [-0.3, -0.25) is 0 Å². The van der Waals surface area contributed by atoms with Gasteiger partial charge in [-0.05, 0) is 56.2 Å². The van der Waals surface area contributed by atoms with E-state index in [9.17, 15) is 0 Å². The predicted molar refractivity (Wildman–Crippen MR) is 102 cm³/mol. The van der Waals surface area contributed by atoms with Crippen LogP contribution in [0.1, 0.15) is 18.4 Å². The van der Waals surface area contributed by atoms with Crippen molar-refractivity contribution >= 4 is 34.5 Å². The second-order valence-corrected chi connectivity index (χ2v) is 6.30. The van der Waals surface area contributed by atoms with Gasteiger partial charge in [-0.15, -0.1) is 0 Å². The Morgan fingerprint density at radius 1 is 1.21 bits per heavy atom. The van der Waals surface area contributed by atoms with Gasteiger partial charge in [0.15, 0.2) is 5.11 Å². The van der Waals surface area contributed by atoms with Crippen molar-refractivity contribution in [3.63, 3.8) is 0 Å². The molecule has 1 aromatic carbocycles. The molecule has 2 aromatic rings. The summed E-state index contributed by atoms with van der Waals surface area (Å²) >= 11 is 5.30. The molecule has 5 nitrogen and oxygen atoms in total. The van der Waals surface area contributed by atoms with Gasteiger partial charge >= 0.3 is 0 Å². The van der Waals surface area contributed by atoms with Crippen LogP contribution in [0.2, 0.25) is 0 Å². The van der Waals surface area contributed by atoms with Gasteiger partial charge in [0.05, 0.1) is 18.0 Å². The summed E-state index contributed by atoms with van der Waals surface area (Å²) in [5, 5.41) is 10.2. The molecule has 0 unspecified atom stereocenters. The van der Waals surface area contributed by atoms with E-state index in [2.05, 4.69) is 40.0 Å². The van der Waals surface area contributed by atoms with Gasteiger partial charge < -0.3 is 20.7 Å². The fraction of sp³-hybridized carbons (Fsp3) is 0.333. The Bertz CT molecular complexity index is 666. The monoisotopic (exact) mass is 342 g/mol. The summed E-state index contributed by atoms with van der Waals surface area (Å²) in [6.45, 7) is 3.66. The summed E-state index contributed by atoms with van der Waals surface area (Å²) in [4.78, 5) is 4.40. The molecule has 6 heteroatoms. The minimum absolute atomic E-state index is 0.268. The maximum absolute atomic E-state index is 5.56. The van der Waals surface area contributed by atoms with Crippen LogP contribution < -0.4 is 16.0 Å². The molecule has 0 amide bonds. The second kappa shape index (κ2) is 8.08. The highest BCUT2D eigenvalue weighted by Gasteiger charge is 2.15. The van der Waals surface area contributed by atoms with Crippen LogP contribution >= 0.6 is 12.2 Å². The molecule has 1 aliphatic heterocycles. The molecule has 1 aliphatic rings. The van der Waals surface area contributed by atoms with Gasteiger partial charge in [0.25, 0.3) is 0 Å². The zero-order valence-electron chi connectivity index (χ0n) is 13.7. The number of aromatic nitrogens is 1. The molecule has 0 spiro atoms. The molecule has 3 N–H and O–H groups in total. The molecule has 2 heterocycles. The SMILES string of the molecule is Cc1ccc(Nc2ccc(NC(=S)NC[C@H]3CCCO3)cn2)cc1. The topological polar surface area (TPSA) is 58.2 Å². The van der Waals surface area contributed by atoms with Crippen molar-refractivity contribution in [3.05, 3.63) is 48.2 Å². The van der Waals surface area contributed by atoms with Crippen molar-refractivity contribution in [2.75, 3.05) is 23.8 Å². The molecule has 0 radical (unpaired) electrons. The molecular formula is C18H22N4OS. The maximum atomic E-state index is 5.56. The minimum Gasteiger partial charge on any atom is -0.376 e. The van der Waals surface area contributed by atoms with Crippen LogP contribution in [0.15, 0.2) is 42.6 Å². The summed E-state index contributed by atoms with van der Waals surface area (Å²) in [5.74, 6) is 0.794. The molecule has 1 fully saturated rings. The van der Waals surface area contributed by atoms with E-state index < -0.39 is 0 Å². The molecule has 24 heavy (non-hydrogen) atoms. The number of thiocarbonyl (C=S) groups is 1. The highest BCUT2D eigenvalue weighted by atomic mass is 32.1. The normalized spacial score (nSPS) is 16.6. The van der Waals surface area contributed by atoms with Crippen LogP contribution in [0.3, 0.4) is 0 Å². The zero-order chi connectivity index (χ0) is 16.8. The van der Waals surface area contributed by atoms with Crippen LogP contribution in [-0.4, -0.2) is 29.4 Å². The summed E-state index contributed by atoms with van der Waals surface area (Å²) in [6, 6.07) is 12.1. The molecule has 0 saturated carbocycles. The lowest BCUT2D eigenvalue weighted by Gasteiger charge is -2.14. The average Bonchev–Trinajstić information content (AvgIpc) is 3.10. The Balaban J connectivity index is 1.48. The number of rotatable bonds is 5. The van der Waals surface area contributed by atoms with E-state index in [0.29, 0.717) is 5.11 Å². The fourth-order valence-electron chi connectivity index (χ4n) is 2.51. The molecule has 126 valence electrons. The Labute approximate surface area is 147 Å².